The number of rotatable bonds is 5. The quantitative estimate of drug-likeness (QED) is 0.176. The van der Waals surface area contributed by atoms with Crippen molar-refractivity contribution in [3.63, 3.8) is 0 Å². The van der Waals surface area contributed by atoms with E-state index in [0.717, 1.165) is 55.3 Å². The molecule has 0 amide bonds. The van der Waals surface area contributed by atoms with E-state index in [1.165, 1.54) is 42.1 Å². The first-order valence-electron chi connectivity index (χ1n) is 19.0. The number of fused-ring (bicyclic) bond motifs is 9. The predicted octanol–water partition coefficient (Wildman–Crippen LogP) is 13.9. The highest BCUT2D eigenvalue weighted by Crippen LogP contribution is 2.42. The van der Waals surface area contributed by atoms with Crippen molar-refractivity contribution in [1.29, 1.82) is 0 Å². The molecule has 4 heterocycles. The first kappa shape index (κ1) is 31.9. The monoisotopic (exact) mass is 746 g/mol. The molecule has 0 saturated carbocycles. The van der Waals surface area contributed by atoms with Crippen molar-refractivity contribution in [2.75, 3.05) is 0 Å². The van der Waals surface area contributed by atoms with Crippen LogP contribution in [0.3, 0.4) is 0 Å². The van der Waals surface area contributed by atoms with E-state index in [9.17, 15) is 0 Å². The summed E-state index contributed by atoms with van der Waals surface area (Å²) in [5.74, 6) is 1.84. The van der Waals surface area contributed by atoms with Gasteiger partial charge in [0.05, 0.1) is 16.7 Å². The second kappa shape index (κ2) is 12.6. The minimum absolute atomic E-state index is 0.596. The Morgan fingerprint density at radius 3 is 1.81 bits per heavy atom. The Bertz CT molecular complexity index is 3470. The van der Waals surface area contributed by atoms with Crippen molar-refractivity contribution in [3.05, 3.63) is 182 Å². The van der Waals surface area contributed by atoms with Crippen LogP contribution < -0.4 is 0 Å². The molecule has 5 nitrogen and oxygen atoms in total. The molecular weight excluding hydrogens is 717 g/mol. The van der Waals surface area contributed by atoms with E-state index in [1.54, 1.807) is 11.3 Å². The van der Waals surface area contributed by atoms with Gasteiger partial charge >= 0.3 is 0 Å². The van der Waals surface area contributed by atoms with Crippen molar-refractivity contribution in [2.24, 2.45) is 0 Å². The Hall–Kier alpha value is -7.41. The van der Waals surface area contributed by atoms with E-state index in [1.807, 2.05) is 42.5 Å². The average Bonchev–Trinajstić information content (AvgIpc) is 3.96. The lowest BCUT2D eigenvalue weighted by molar-refractivity contribution is 0.666. The molecule has 0 radical (unpaired) electrons. The van der Waals surface area contributed by atoms with E-state index >= 15 is 0 Å². The molecule has 0 spiro atoms. The number of furan rings is 1. The Morgan fingerprint density at radius 1 is 0.404 bits per heavy atom. The molecule has 4 aromatic heterocycles. The normalized spacial score (nSPS) is 11.9. The number of para-hydroxylation sites is 3. The SMILES string of the molecule is c1ccc(-c2ccc3sc4cc(-c5nc(-c6ccccc6)nc(-c6cccc7oc8c(-n9c%10ccccc%10c%10ccccc%109)cccc8c67)n5)ccc4c3c2)cc1. The second-order valence-electron chi connectivity index (χ2n) is 14.4. The fourth-order valence-corrected chi connectivity index (χ4v) is 9.57. The van der Waals surface area contributed by atoms with Crippen molar-refractivity contribution in [2.45, 2.75) is 0 Å². The molecule has 0 fully saturated rings. The van der Waals surface area contributed by atoms with Crippen molar-refractivity contribution in [1.82, 2.24) is 19.5 Å². The highest BCUT2D eigenvalue weighted by molar-refractivity contribution is 7.25. The van der Waals surface area contributed by atoms with E-state index < -0.39 is 0 Å². The lowest BCUT2D eigenvalue weighted by Crippen LogP contribution is -2.00. The molecule has 57 heavy (non-hydrogen) atoms. The van der Waals surface area contributed by atoms with Crippen LogP contribution in [-0.2, 0) is 0 Å². The Balaban J connectivity index is 1.05. The van der Waals surface area contributed by atoms with Gasteiger partial charge < -0.3 is 8.98 Å². The third kappa shape index (κ3) is 5.04. The number of thiophene rings is 1. The van der Waals surface area contributed by atoms with Crippen LogP contribution in [-0.4, -0.2) is 19.5 Å². The van der Waals surface area contributed by atoms with Crippen LogP contribution in [0, 0.1) is 0 Å². The first-order chi connectivity index (χ1) is 28.2. The average molecular weight is 747 g/mol. The zero-order chi connectivity index (χ0) is 37.5. The third-order valence-electron chi connectivity index (χ3n) is 11.1. The molecule has 6 heteroatoms. The van der Waals surface area contributed by atoms with Crippen molar-refractivity contribution in [3.8, 4) is 51.0 Å². The summed E-state index contributed by atoms with van der Waals surface area (Å²) in [5.41, 5.74) is 10.0. The highest BCUT2D eigenvalue weighted by Gasteiger charge is 2.21. The van der Waals surface area contributed by atoms with Gasteiger partial charge in [-0.1, -0.05) is 140 Å². The van der Waals surface area contributed by atoms with Gasteiger partial charge in [-0.15, -0.1) is 11.3 Å². The molecule has 0 bridgehead atoms. The lowest BCUT2D eigenvalue weighted by Gasteiger charge is -2.10. The second-order valence-corrected chi connectivity index (χ2v) is 15.5. The Morgan fingerprint density at radius 2 is 1.04 bits per heavy atom. The topological polar surface area (TPSA) is 56.7 Å². The van der Waals surface area contributed by atoms with Crippen LogP contribution in [0.5, 0.6) is 0 Å². The van der Waals surface area contributed by atoms with Gasteiger partial charge in [0.15, 0.2) is 23.1 Å². The zero-order valence-corrected chi connectivity index (χ0v) is 31.2. The van der Waals surface area contributed by atoms with Gasteiger partial charge in [-0.2, -0.15) is 0 Å². The molecular formula is C51H30N4OS. The molecule has 0 unspecified atom stereocenters. The van der Waals surface area contributed by atoms with Crippen LogP contribution in [0.1, 0.15) is 0 Å². The molecule has 0 aliphatic heterocycles. The number of hydrogen-bond donors (Lipinski definition) is 0. The zero-order valence-electron chi connectivity index (χ0n) is 30.4. The summed E-state index contributed by atoms with van der Waals surface area (Å²) in [4.78, 5) is 15.5. The molecule has 12 aromatic rings. The molecule has 0 atom stereocenters. The van der Waals surface area contributed by atoms with E-state index in [0.29, 0.717) is 17.5 Å². The smallest absolute Gasteiger partial charge is 0.164 e. The molecule has 8 aromatic carbocycles. The van der Waals surface area contributed by atoms with Gasteiger partial charge in [-0.3, -0.25) is 0 Å². The summed E-state index contributed by atoms with van der Waals surface area (Å²) < 4.78 is 11.6. The Kier molecular flexibility index (Phi) is 7.03. The third-order valence-corrected chi connectivity index (χ3v) is 12.2. The first-order valence-corrected chi connectivity index (χ1v) is 19.8. The fourth-order valence-electron chi connectivity index (χ4n) is 8.45. The summed E-state index contributed by atoms with van der Waals surface area (Å²) >= 11 is 1.80. The number of nitrogens with zero attached hydrogens (tertiary/aromatic N) is 4. The van der Waals surface area contributed by atoms with Gasteiger partial charge in [-0.25, -0.2) is 15.0 Å². The fraction of sp³-hybridized carbons (Fsp3) is 0. The molecule has 12 rings (SSSR count). The minimum Gasteiger partial charge on any atom is -0.454 e. The molecule has 266 valence electrons. The van der Waals surface area contributed by atoms with E-state index in [4.69, 9.17) is 19.4 Å². The number of aromatic nitrogens is 4. The summed E-state index contributed by atoms with van der Waals surface area (Å²) in [6.45, 7) is 0. The standard InChI is InChI=1S/C51H30N4OS/c1-3-13-31(14-4-1)33-26-28-45-40(29-33)37-27-25-34(30-46(37)57-45)50-52-49(32-15-5-2-6-16-32)53-51(54-50)39-20-12-24-44-47(39)38-19-11-23-43(48(38)56-44)55-41-21-9-7-17-35(41)36-18-8-10-22-42(36)55/h1-30H. The maximum absolute atomic E-state index is 6.82. The van der Waals surface area contributed by atoms with Gasteiger partial charge in [-0.05, 0) is 53.6 Å². The lowest BCUT2D eigenvalue weighted by atomic mass is 10.0. The van der Waals surface area contributed by atoms with E-state index in [2.05, 4.69) is 144 Å². The Labute approximate surface area is 330 Å². The summed E-state index contributed by atoms with van der Waals surface area (Å²) in [6.07, 6.45) is 0. The van der Waals surface area contributed by atoms with Crippen molar-refractivity contribution < 1.29 is 4.42 Å². The van der Waals surface area contributed by atoms with Crippen LogP contribution in [0.4, 0.5) is 0 Å². The van der Waals surface area contributed by atoms with Gasteiger partial charge in [0.1, 0.15) is 5.58 Å². The molecule has 0 aliphatic carbocycles. The maximum atomic E-state index is 6.82. The van der Waals surface area contributed by atoms with Gasteiger partial charge in [0.25, 0.3) is 0 Å². The molecule has 0 saturated heterocycles. The van der Waals surface area contributed by atoms with Crippen LogP contribution in [0.25, 0.3) is 115 Å². The minimum atomic E-state index is 0.596. The molecule has 0 aliphatic rings. The van der Waals surface area contributed by atoms with Gasteiger partial charge in [0.2, 0.25) is 0 Å². The van der Waals surface area contributed by atoms with Crippen molar-refractivity contribution >= 4 is 75.3 Å². The summed E-state index contributed by atoms with van der Waals surface area (Å²) in [6, 6.07) is 63.7. The highest BCUT2D eigenvalue weighted by atomic mass is 32.1. The summed E-state index contributed by atoms with van der Waals surface area (Å²) in [5, 5.41) is 6.87. The summed E-state index contributed by atoms with van der Waals surface area (Å²) in [7, 11) is 0. The predicted molar refractivity (Wildman–Crippen MR) is 236 cm³/mol. The van der Waals surface area contributed by atoms with Crippen LogP contribution in [0.15, 0.2) is 186 Å². The van der Waals surface area contributed by atoms with Gasteiger partial charge in [0, 0.05) is 58.4 Å². The van der Waals surface area contributed by atoms with E-state index in [-0.39, 0.29) is 0 Å². The maximum Gasteiger partial charge on any atom is 0.164 e. The largest absolute Gasteiger partial charge is 0.454 e. The number of benzene rings is 8. The van der Waals surface area contributed by atoms with Crippen LogP contribution in [0.2, 0.25) is 0 Å². The number of hydrogen-bond acceptors (Lipinski definition) is 5. The van der Waals surface area contributed by atoms with Crippen LogP contribution >= 0.6 is 11.3 Å². The molecule has 0 N–H and O–H groups in total.